The molecule has 0 saturated carbocycles. The molecule has 3 rings (SSSR count). The second-order valence-corrected chi connectivity index (χ2v) is 8.73. The van der Waals surface area contributed by atoms with Gasteiger partial charge >= 0.3 is 12.1 Å². The fourth-order valence-electron chi connectivity index (χ4n) is 3.63. The van der Waals surface area contributed by atoms with Gasteiger partial charge in [0.2, 0.25) is 0 Å². The average Bonchev–Trinajstić information content (AvgIpc) is 2.96. The Morgan fingerprint density at radius 1 is 0.966 bits per heavy atom. The smallest absolute Gasteiger partial charge is 0.407 e. The number of rotatable bonds is 5. The lowest BCUT2D eigenvalue weighted by Crippen LogP contribution is -2.47. The van der Waals surface area contributed by atoms with Crippen molar-refractivity contribution >= 4 is 12.1 Å². The minimum Gasteiger partial charge on any atom is -0.458 e. The SMILES string of the molecule is CC(C)[C@@H](NC(=O)OCC1c2ccccc2-c2ccccc21)C(=O)OC(C)(C)C. The van der Waals surface area contributed by atoms with Gasteiger partial charge in [0.25, 0.3) is 0 Å². The van der Waals surface area contributed by atoms with Gasteiger partial charge in [0, 0.05) is 5.92 Å². The number of alkyl carbamates (subject to hydrolysis) is 1. The maximum atomic E-state index is 12.5. The van der Waals surface area contributed by atoms with Crippen LogP contribution in [0.5, 0.6) is 0 Å². The Morgan fingerprint density at radius 3 is 1.97 bits per heavy atom. The summed E-state index contributed by atoms with van der Waals surface area (Å²) in [5, 5.41) is 2.68. The van der Waals surface area contributed by atoms with Crippen molar-refractivity contribution in [1.29, 1.82) is 0 Å². The second-order valence-electron chi connectivity index (χ2n) is 8.73. The summed E-state index contributed by atoms with van der Waals surface area (Å²) < 4.78 is 11.0. The number of benzene rings is 2. The van der Waals surface area contributed by atoms with Crippen LogP contribution in [0.1, 0.15) is 51.7 Å². The van der Waals surface area contributed by atoms with E-state index in [4.69, 9.17) is 9.47 Å². The summed E-state index contributed by atoms with van der Waals surface area (Å²) in [6, 6.07) is 15.6. The number of carbonyl (C=O) groups excluding carboxylic acids is 2. The van der Waals surface area contributed by atoms with Crippen molar-refractivity contribution in [2.24, 2.45) is 5.92 Å². The number of esters is 1. The molecule has 2 aromatic carbocycles. The Morgan fingerprint density at radius 2 is 1.48 bits per heavy atom. The molecule has 0 fully saturated rings. The van der Waals surface area contributed by atoms with Crippen molar-refractivity contribution in [3.05, 3.63) is 59.7 Å². The van der Waals surface area contributed by atoms with Crippen LogP contribution in [0.25, 0.3) is 11.1 Å². The molecule has 29 heavy (non-hydrogen) atoms. The van der Waals surface area contributed by atoms with Gasteiger partial charge in [0.15, 0.2) is 0 Å². The first kappa shape index (κ1) is 20.9. The minimum atomic E-state index is -0.759. The van der Waals surface area contributed by atoms with Gasteiger partial charge in [-0.15, -0.1) is 0 Å². The highest BCUT2D eigenvalue weighted by Crippen LogP contribution is 2.44. The van der Waals surface area contributed by atoms with E-state index in [1.165, 1.54) is 11.1 Å². The van der Waals surface area contributed by atoms with Crippen LogP contribution in [0.2, 0.25) is 0 Å². The molecule has 0 aromatic heterocycles. The summed E-state index contributed by atoms with van der Waals surface area (Å²) in [5.41, 5.74) is 4.02. The zero-order valence-corrected chi connectivity index (χ0v) is 17.7. The van der Waals surface area contributed by atoms with Gasteiger partial charge in [-0.2, -0.15) is 0 Å². The fourth-order valence-corrected chi connectivity index (χ4v) is 3.63. The zero-order valence-electron chi connectivity index (χ0n) is 17.7. The Hall–Kier alpha value is -2.82. The molecule has 1 atom stereocenters. The molecule has 1 amide bonds. The molecule has 2 aromatic rings. The summed E-state index contributed by atoms with van der Waals surface area (Å²) in [6.45, 7) is 9.33. The van der Waals surface area contributed by atoms with E-state index in [-0.39, 0.29) is 18.4 Å². The van der Waals surface area contributed by atoms with Crippen LogP contribution in [0.4, 0.5) is 4.79 Å². The van der Waals surface area contributed by atoms with Crippen molar-refractivity contribution in [1.82, 2.24) is 5.32 Å². The van der Waals surface area contributed by atoms with Crippen molar-refractivity contribution in [2.75, 3.05) is 6.61 Å². The first-order valence-corrected chi connectivity index (χ1v) is 10.0. The van der Waals surface area contributed by atoms with E-state index < -0.39 is 23.7 Å². The van der Waals surface area contributed by atoms with E-state index in [0.29, 0.717) is 0 Å². The monoisotopic (exact) mass is 395 g/mol. The molecule has 1 aliphatic rings. The molecular weight excluding hydrogens is 366 g/mol. The molecule has 0 heterocycles. The van der Waals surface area contributed by atoms with Crippen LogP contribution >= 0.6 is 0 Å². The minimum absolute atomic E-state index is 0.0211. The van der Waals surface area contributed by atoms with Gasteiger partial charge in [0.05, 0.1) is 0 Å². The van der Waals surface area contributed by atoms with E-state index in [9.17, 15) is 9.59 Å². The predicted molar refractivity (Wildman–Crippen MR) is 113 cm³/mol. The van der Waals surface area contributed by atoms with Gasteiger partial charge in [0.1, 0.15) is 18.2 Å². The Balaban J connectivity index is 1.68. The van der Waals surface area contributed by atoms with Crippen LogP contribution in [-0.2, 0) is 14.3 Å². The number of carbonyl (C=O) groups is 2. The molecule has 0 radical (unpaired) electrons. The van der Waals surface area contributed by atoms with Gasteiger partial charge in [-0.1, -0.05) is 62.4 Å². The Labute approximate surface area is 172 Å². The third-order valence-corrected chi connectivity index (χ3v) is 4.94. The molecule has 5 nitrogen and oxygen atoms in total. The fraction of sp³-hybridized carbons (Fsp3) is 0.417. The van der Waals surface area contributed by atoms with Gasteiger partial charge in [-0.25, -0.2) is 9.59 Å². The summed E-state index contributed by atoms with van der Waals surface area (Å²) in [6.07, 6.45) is -0.614. The number of hydrogen-bond donors (Lipinski definition) is 1. The second kappa shape index (κ2) is 8.27. The number of amides is 1. The number of nitrogens with one attached hydrogen (secondary N) is 1. The van der Waals surface area contributed by atoms with E-state index in [0.717, 1.165) is 11.1 Å². The normalized spacial score (nSPS) is 14.1. The summed E-state index contributed by atoms with van der Waals surface area (Å²) in [7, 11) is 0. The lowest BCUT2D eigenvalue weighted by molar-refractivity contribution is -0.158. The molecule has 0 spiro atoms. The highest BCUT2D eigenvalue weighted by molar-refractivity contribution is 5.82. The Kier molecular flexibility index (Phi) is 5.96. The largest absolute Gasteiger partial charge is 0.458 e. The van der Waals surface area contributed by atoms with Crippen molar-refractivity contribution in [2.45, 2.75) is 52.2 Å². The lowest BCUT2D eigenvalue weighted by atomic mass is 9.98. The van der Waals surface area contributed by atoms with Gasteiger partial charge in [-0.05, 0) is 48.9 Å². The number of fused-ring (bicyclic) bond motifs is 3. The summed E-state index contributed by atoms with van der Waals surface area (Å²) >= 11 is 0. The van der Waals surface area contributed by atoms with E-state index in [1.54, 1.807) is 20.8 Å². The van der Waals surface area contributed by atoms with Crippen LogP contribution in [0, 0.1) is 5.92 Å². The number of hydrogen-bond acceptors (Lipinski definition) is 4. The lowest BCUT2D eigenvalue weighted by Gasteiger charge is -2.26. The van der Waals surface area contributed by atoms with E-state index in [1.807, 2.05) is 38.1 Å². The standard InChI is InChI=1S/C24H29NO4/c1-15(2)21(22(26)29-24(3,4)5)25-23(27)28-14-20-18-12-8-6-10-16(18)17-11-7-9-13-19(17)20/h6-13,15,20-21H,14H2,1-5H3,(H,25,27)/t21-/m1/s1. The van der Waals surface area contributed by atoms with Crippen LogP contribution in [-0.4, -0.2) is 30.3 Å². The maximum absolute atomic E-state index is 12.5. The quantitative estimate of drug-likeness (QED) is 0.732. The van der Waals surface area contributed by atoms with Crippen molar-refractivity contribution in [3.8, 4) is 11.1 Å². The van der Waals surface area contributed by atoms with Crippen molar-refractivity contribution in [3.63, 3.8) is 0 Å². The molecular formula is C24H29NO4. The molecule has 1 aliphatic carbocycles. The third kappa shape index (κ3) is 4.78. The number of ether oxygens (including phenoxy) is 2. The maximum Gasteiger partial charge on any atom is 0.407 e. The predicted octanol–water partition coefficient (Wildman–Crippen LogP) is 4.89. The molecule has 1 N–H and O–H groups in total. The molecule has 5 heteroatoms. The third-order valence-electron chi connectivity index (χ3n) is 4.94. The van der Waals surface area contributed by atoms with Crippen LogP contribution < -0.4 is 5.32 Å². The van der Waals surface area contributed by atoms with Gasteiger partial charge < -0.3 is 14.8 Å². The van der Waals surface area contributed by atoms with Crippen LogP contribution in [0.3, 0.4) is 0 Å². The highest BCUT2D eigenvalue weighted by atomic mass is 16.6. The first-order valence-electron chi connectivity index (χ1n) is 10.0. The molecule has 0 unspecified atom stereocenters. The molecule has 0 saturated heterocycles. The van der Waals surface area contributed by atoms with Crippen molar-refractivity contribution < 1.29 is 19.1 Å². The molecule has 154 valence electrons. The zero-order chi connectivity index (χ0) is 21.2. The average molecular weight is 395 g/mol. The van der Waals surface area contributed by atoms with Gasteiger partial charge in [-0.3, -0.25) is 0 Å². The van der Waals surface area contributed by atoms with E-state index in [2.05, 4.69) is 29.6 Å². The topological polar surface area (TPSA) is 64.6 Å². The highest BCUT2D eigenvalue weighted by Gasteiger charge is 2.32. The summed E-state index contributed by atoms with van der Waals surface area (Å²) in [4.78, 5) is 24.9. The Bertz CT molecular complexity index is 852. The van der Waals surface area contributed by atoms with E-state index >= 15 is 0 Å². The van der Waals surface area contributed by atoms with Crippen LogP contribution in [0.15, 0.2) is 48.5 Å². The molecule has 0 bridgehead atoms. The summed E-state index contributed by atoms with van der Waals surface area (Å²) in [5.74, 6) is -0.599. The molecule has 0 aliphatic heterocycles. The first-order chi connectivity index (χ1) is 13.7.